The lowest BCUT2D eigenvalue weighted by atomic mass is 9.66. The highest BCUT2D eigenvalue weighted by Gasteiger charge is 2.58. The maximum Gasteiger partial charge on any atom is 0.456 e. The van der Waals surface area contributed by atoms with Crippen molar-refractivity contribution in [1.29, 1.82) is 0 Å². The Balaban J connectivity index is 1.27. The average Bonchev–Trinajstić information content (AvgIpc) is 3.36. The molecule has 3 aliphatic rings. The van der Waals surface area contributed by atoms with Crippen molar-refractivity contribution in [3.05, 3.63) is 30.1 Å². The highest BCUT2D eigenvalue weighted by Crippen LogP contribution is 2.43. The number of nitrogens with zero attached hydrogens (tertiary/aromatic N) is 5. The van der Waals surface area contributed by atoms with E-state index in [4.69, 9.17) is 9.26 Å². The number of hydrogen-bond donors (Lipinski definition) is 1. The molecule has 13 heteroatoms. The van der Waals surface area contributed by atoms with Gasteiger partial charge in [-0.2, -0.15) is 26.9 Å². The summed E-state index contributed by atoms with van der Waals surface area (Å²) in [5.74, 6) is -3.54. The SMILES string of the molecule is Cc1cc(N2C[C@H]3C[C@@H](C2)[C@@H]3Nc2nc3c(OCC(F)(F)C(F)(F)F)cccn3n2)on1. The van der Waals surface area contributed by atoms with E-state index in [-0.39, 0.29) is 23.4 Å². The van der Waals surface area contributed by atoms with E-state index in [2.05, 4.69) is 25.5 Å². The standard InChI is InChI=1S/C19H19F5N6O2/c1-10-5-14(32-28-10)29-7-11-6-12(8-29)15(11)25-17-26-16-13(3-2-4-30(16)27-17)31-9-18(20,21)19(22,23)24/h2-5,11-12,15H,6-9H2,1H3,(H,25,27)/t11-,12+,15-. The van der Waals surface area contributed by atoms with E-state index in [1.807, 2.05) is 13.0 Å². The first-order valence-corrected chi connectivity index (χ1v) is 9.98. The fourth-order valence-corrected chi connectivity index (χ4v) is 4.26. The molecule has 3 atom stereocenters. The molecule has 2 aliphatic heterocycles. The van der Waals surface area contributed by atoms with Gasteiger partial charge in [0.1, 0.15) is 0 Å². The zero-order valence-corrected chi connectivity index (χ0v) is 16.8. The number of rotatable bonds is 6. The van der Waals surface area contributed by atoms with Crippen LogP contribution < -0.4 is 15.0 Å². The lowest BCUT2D eigenvalue weighted by molar-refractivity contribution is -0.289. The molecule has 0 spiro atoms. The van der Waals surface area contributed by atoms with Crippen LogP contribution in [0.15, 0.2) is 28.9 Å². The predicted octanol–water partition coefficient (Wildman–Crippen LogP) is 3.54. The molecule has 8 nitrogen and oxygen atoms in total. The van der Waals surface area contributed by atoms with Crippen LogP contribution in [0.1, 0.15) is 12.1 Å². The van der Waals surface area contributed by atoms with Gasteiger partial charge < -0.3 is 19.5 Å². The average molecular weight is 458 g/mol. The van der Waals surface area contributed by atoms with Gasteiger partial charge in [0.15, 0.2) is 18.0 Å². The normalized spacial score (nSPS) is 23.3. The molecule has 3 aromatic heterocycles. The van der Waals surface area contributed by atoms with Crippen LogP contribution in [0, 0.1) is 18.8 Å². The number of nitrogens with one attached hydrogen (secondary N) is 1. The second kappa shape index (κ2) is 7.20. The number of aromatic nitrogens is 4. The lowest BCUT2D eigenvalue weighted by Crippen LogP contribution is -2.61. The van der Waals surface area contributed by atoms with Gasteiger partial charge in [-0.05, 0) is 37.3 Å². The molecule has 2 saturated heterocycles. The summed E-state index contributed by atoms with van der Waals surface area (Å²) in [6.07, 6.45) is -3.15. The van der Waals surface area contributed by atoms with Crippen LogP contribution >= 0.6 is 0 Å². The molecule has 3 fully saturated rings. The first-order valence-electron chi connectivity index (χ1n) is 9.98. The van der Waals surface area contributed by atoms with Gasteiger partial charge in [-0.25, -0.2) is 4.52 Å². The molecule has 2 bridgehead atoms. The van der Waals surface area contributed by atoms with Crippen molar-refractivity contribution < 1.29 is 31.2 Å². The zero-order valence-electron chi connectivity index (χ0n) is 16.8. The van der Waals surface area contributed by atoms with Crippen LogP contribution in [0.5, 0.6) is 5.75 Å². The summed E-state index contributed by atoms with van der Waals surface area (Å²) in [4.78, 5) is 6.39. The highest BCUT2D eigenvalue weighted by molar-refractivity contribution is 5.56. The highest BCUT2D eigenvalue weighted by atomic mass is 19.4. The van der Waals surface area contributed by atoms with Gasteiger partial charge in [0.05, 0.1) is 5.69 Å². The van der Waals surface area contributed by atoms with E-state index >= 15 is 0 Å². The first-order chi connectivity index (χ1) is 15.1. The van der Waals surface area contributed by atoms with E-state index in [9.17, 15) is 22.0 Å². The lowest BCUT2D eigenvalue weighted by Gasteiger charge is -2.53. The Kier molecular flexibility index (Phi) is 4.67. The largest absolute Gasteiger partial charge is 0.483 e. The molecule has 5 heterocycles. The summed E-state index contributed by atoms with van der Waals surface area (Å²) >= 11 is 0. The summed E-state index contributed by atoms with van der Waals surface area (Å²) < 4.78 is 75.0. The van der Waals surface area contributed by atoms with Crippen molar-refractivity contribution in [2.75, 3.05) is 29.9 Å². The minimum Gasteiger partial charge on any atom is -0.483 e. The number of ether oxygens (including phenoxy) is 1. The minimum atomic E-state index is -5.70. The van der Waals surface area contributed by atoms with Gasteiger partial charge in [0, 0.05) is 31.4 Å². The third kappa shape index (κ3) is 3.58. The molecule has 1 aliphatic carbocycles. The maximum absolute atomic E-state index is 13.2. The van der Waals surface area contributed by atoms with E-state index in [1.165, 1.54) is 22.8 Å². The van der Waals surface area contributed by atoms with E-state index in [0.717, 1.165) is 31.1 Å². The fourth-order valence-electron chi connectivity index (χ4n) is 4.26. The van der Waals surface area contributed by atoms with Crippen molar-refractivity contribution in [2.45, 2.75) is 31.5 Å². The predicted molar refractivity (Wildman–Crippen MR) is 102 cm³/mol. The number of aryl methyl sites for hydroxylation is 1. The first kappa shape index (κ1) is 20.8. The third-order valence-corrected chi connectivity index (χ3v) is 5.90. The van der Waals surface area contributed by atoms with Crippen molar-refractivity contribution in [2.24, 2.45) is 11.8 Å². The van der Waals surface area contributed by atoms with Crippen LogP contribution in [0.3, 0.4) is 0 Å². The van der Waals surface area contributed by atoms with Crippen LogP contribution in [0.4, 0.5) is 33.8 Å². The Morgan fingerprint density at radius 1 is 1.22 bits per heavy atom. The van der Waals surface area contributed by atoms with Crippen LogP contribution in [0.25, 0.3) is 5.65 Å². The molecule has 1 N–H and O–H groups in total. The molecule has 6 rings (SSSR count). The third-order valence-electron chi connectivity index (χ3n) is 5.90. The Labute approximate surface area is 178 Å². The minimum absolute atomic E-state index is 0.0521. The summed E-state index contributed by atoms with van der Waals surface area (Å²) in [7, 11) is 0. The zero-order chi connectivity index (χ0) is 22.7. The smallest absolute Gasteiger partial charge is 0.456 e. The maximum atomic E-state index is 13.2. The van der Waals surface area contributed by atoms with Crippen molar-refractivity contribution in [1.82, 2.24) is 19.8 Å². The number of pyridine rings is 1. The summed E-state index contributed by atoms with van der Waals surface area (Å²) in [5.41, 5.74) is 0.866. The number of anilines is 2. The summed E-state index contributed by atoms with van der Waals surface area (Å²) in [6.45, 7) is 1.57. The van der Waals surface area contributed by atoms with Gasteiger partial charge in [-0.3, -0.25) is 0 Å². The molecule has 172 valence electrons. The number of piperidine rings is 2. The molecule has 0 aromatic carbocycles. The molecular formula is C19H19F5N6O2. The quantitative estimate of drug-likeness (QED) is 0.566. The Bertz CT molecular complexity index is 1120. The second-order valence-electron chi connectivity index (χ2n) is 8.20. The molecule has 0 radical (unpaired) electrons. The number of alkyl halides is 5. The van der Waals surface area contributed by atoms with Crippen LogP contribution in [-0.2, 0) is 0 Å². The van der Waals surface area contributed by atoms with Gasteiger partial charge in [-0.1, -0.05) is 5.16 Å². The van der Waals surface area contributed by atoms with Gasteiger partial charge in [0.2, 0.25) is 11.8 Å². The molecule has 1 saturated carbocycles. The summed E-state index contributed by atoms with van der Waals surface area (Å²) in [6, 6.07) is 4.71. The Morgan fingerprint density at radius 3 is 2.62 bits per heavy atom. The van der Waals surface area contributed by atoms with Gasteiger partial charge in [-0.15, -0.1) is 5.10 Å². The van der Waals surface area contributed by atoms with E-state index in [1.54, 1.807) is 0 Å². The number of halogens is 5. The summed E-state index contributed by atoms with van der Waals surface area (Å²) in [5, 5.41) is 11.4. The molecule has 32 heavy (non-hydrogen) atoms. The Morgan fingerprint density at radius 2 is 1.97 bits per heavy atom. The molecule has 0 amide bonds. The van der Waals surface area contributed by atoms with Gasteiger partial charge in [0.25, 0.3) is 0 Å². The second-order valence-corrected chi connectivity index (χ2v) is 8.20. The fraction of sp³-hybridized carbons (Fsp3) is 0.526. The Hall–Kier alpha value is -3.12. The molecular weight excluding hydrogens is 439 g/mol. The van der Waals surface area contributed by atoms with E-state index < -0.39 is 18.7 Å². The van der Waals surface area contributed by atoms with Crippen molar-refractivity contribution in [3.63, 3.8) is 0 Å². The monoisotopic (exact) mass is 458 g/mol. The topological polar surface area (TPSA) is 80.7 Å². The van der Waals surface area contributed by atoms with E-state index in [0.29, 0.717) is 11.8 Å². The van der Waals surface area contributed by atoms with Crippen molar-refractivity contribution >= 4 is 17.5 Å². The van der Waals surface area contributed by atoms with Gasteiger partial charge >= 0.3 is 12.1 Å². The number of fused-ring (bicyclic) bond motifs is 3. The van der Waals surface area contributed by atoms with Crippen LogP contribution in [-0.4, -0.2) is 57.6 Å². The van der Waals surface area contributed by atoms with Crippen LogP contribution in [0.2, 0.25) is 0 Å². The van der Waals surface area contributed by atoms with Crippen molar-refractivity contribution in [3.8, 4) is 5.75 Å². The number of hydrogen-bond acceptors (Lipinski definition) is 7. The molecule has 3 aromatic rings. The molecule has 0 unspecified atom stereocenters.